The van der Waals surface area contributed by atoms with Crippen LogP contribution in [0.3, 0.4) is 0 Å². The first-order chi connectivity index (χ1) is 12.8. The van der Waals surface area contributed by atoms with Gasteiger partial charge in [0.2, 0.25) is 0 Å². The zero-order chi connectivity index (χ0) is 18.7. The van der Waals surface area contributed by atoms with Crippen molar-refractivity contribution in [2.45, 2.75) is 39.5 Å². The molecule has 2 aromatic carbocycles. The molecule has 0 aliphatic carbocycles. The maximum atomic E-state index is 4.01. The summed E-state index contributed by atoms with van der Waals surface area (Å²) in [6.45, 7) is 8.40. The monoisotopic (exact) mass is 364 g/mol. The predicted octanol–water partition coefficient (Wildman–Crippen LogP) is 6.61. The van der Waals surface area contributed by atoms with Gasteiger partial charge >= 0.3 is 160 Å². The minimum absolute atomic E-state index is 1.24. The molecule has 0 aliphatic heterocycles. The van der Waals surface area contributed by atoms with Crippen molar-refractivity contribution < 1.29 is 0 Å². The van der Waals surface area contributed by atoms with Crippen LogP contribution < -0.4 is 10.6 Å². The summed E-state index contributed by atoms with van der Waals surface area (Å²) in [5.41, 5.74) is 0. The van der Waals surface area contributed by atoms with E-state index in [4.69, 9.17) is 0 Å². The van der Waals surface area contributed by atoms with E-state index in [2.05, 4.69) is 99.3 Å². The first kappa shape index (κ1) is 20.4. The van der Waals surface area contributed by atoms with Crippen molar-refractivity contribution in [3.63, 3.8) is 0 Å². The van der Waals surface area contributed by atoms with Crippen molar-refractivity contribution in [1.82, 2.24) is 0 Å². The van der Waals surface area contributed by atoms with Crippen LogP contribution in [0.1, 0.15) is 39.5 Å². The molecule has 0 amide bonds. The van der Waals surface area contributed by atoms with Gasteiger partial charge in [-0.3, -0.25) is 0 Å². The van der Waals surface area contributed by atoms with E-state index in [0.29, 0.717) is 0 Å². The normalized spacial score (nSPS) is 13.1. The third-order valence-corrected chi connectivity index (χ3v) is 10.1. The molecule has 0 fully saturated rings. The Morgan fingerprint density at radius 1 is 0.885 bits per heavy atom. The van der Waals surface area contributed by atoms with Crippen LogP contribution in [0, 0.1) is 0 Å². The molecule has 138 valence electrons. The standard InChI is InChI=1S/C25H33P/c1-4-7-8-15-22-26(23(16-5-2)17-6-3,24-18-11-9-12-19-24)25-20-13-10-14-21-25/h5-6,9-14,16-21,26H,2,4,7-8,15,22H2,1,3H3/b17-6-,23-16+. The van der Waals surface area contributed by atoms with E-state index in [-0.39, 0.29) is 0 Å². The molecule has 0 heterocycles. The van der Waals surface area contributed by atoms with Crippen molar-refractivity contribution in [2.75, 3.05) is 6.16 Å². The van der Waals surface area contributed by atoms with Gasteiger partial charge in [0, 0.05) is 0 Å². The summed E-state index contributed by atoms with van der Waals surface area (Å²) in [7, 11) is -2.07. The van der Waals surface area contributed by atoms with Crippen LogP contribution in [-0.4, -0.2) is 6.16 Å². The Balaban J connectivity index is 2.66. The van der Waals surface area contributed by atoms with Crippen molar-refractivity contribution >= 4 is 17.9 Å². The summed E-state index contributed by atoms with van der Waals surface area (Å²) >= 11 is 0. The van der Waals surface area contributed by atoms with E-state index < -0.39 is 7.26 Å². The number of hydrogen-bond donors (Lipinski definition) is 0. The van der Waals surface area contributed by atoms with Gasteiger partial charge in [0.05, 0.1) is 0 Å². The number of benzene rings is 2. The Bertz CT molecular complexity index is 671. The third kappa shape index (κ3) is 4.83. The van der Waals surface area contributed by atoms with Crippen LogP contribution in [0.15, 0.2) is 96.9 Å². The number of hydrogen-bond acceptors (Lipinski definition) is 0. The fourth-order valence-corrected chi connectivity index (χ4v) is 8.86. The van der Waals surface area contributed by atoms with E-state index in [1.165, 1.54) is 47.8 Å². The van der Waals surface area contributed by atoms with Gasteiger partial charge in [0.1, 0.15) is 0 Å². The van der Waals surface area contributed by atoms with Crippen LogP contribution in [0.5, 0.6) is 0 Å². The van der Waals surface area contributed by atoms with Gasteiger partial charge in [-0.2, -0.15) is 0 Å². The topological polar surface area (TPSA) is 0 Å². The molecule has 0 N–H and O–H groups in total. The van der Waals surface area contributed by atoms with E-state index >= 15 is 0 Å². The molecule has 1 heteroatoms. The second-order valence-corrected chi connectivity index (χ2v) is 10.8. The summed E-state index contributed by atoms with van der Waals surface area (Å²) in [4.78, 5) is 0. The average molecular weight is 365 g/mol. The SMILES string of the molecule is C=C/C=C(\C=C/C)[PH](CCCCCC)(c1ccccc1)c1ccccc1. The number of unbranched alkanes of at least 4 members (excludes halogenated alkanes) is 3. The quantitative estimate of drug-likeness (QED) is 0.253. The van der Waals surface area contributed by atoms with Crippen LogP contribution in [-0.2, 0) is 0 Å². The fourth-order valence-electron chi connectivity index (χ4n) is 3.84. The maximum absolute atomic E-state index is 4.01. The van der Waals surface area contributed by atoms with E-state index in [1.54, 1.807) is 0 Å². The molecule has 0 saturated carbocycles. The molecule has 26 heavy (non-hydrogen) atoms. The molecular formula is C25H33P. The Morgan fingerprint density at radius 3 is 1.92 bits per heavy atom. The summed E-state index contributed by atoms with van der Waals surface area (Å²) in [6.07, 6.45) is 15.1. The first-order valence-corrected chi connectivity index (χ1v) is 12.1. The van der Waals surface area contributed by atoms with Gasteiger partial charge in [-0.1, -0.05) is 0 Å². The van der Waals surface area contributed by atoms with Gasteiger partial charge in [-0.15, -0.1) is 0 Å². The van der Waals surface area contributed by atoms with Crippen LogP contribution in [0.2, 0.25) is 0 Å². The zero-order valence-corrected chi connectivity index (χ0v) is 17.3. The van der Waals surface area contributed by atoms with Gasteiger partial charge < -0.3 is 0 Å². The Morgan fingerprint density at radius 2 is 1.46 bits per heavy atom. The Labute approximate surface area is 160 Å². The first-order valence-electron chi connectivity index (χ1n) is 9.86. The van der Waals surface area contributed by atoms with Gasteiger partial charge in [0.15, 0.2) is 0 Å². The van der Waals surface area contributed by atoms with E-state index in [0.717, 1.165) is 0 Å². The summed E-state index contributed by atoms with van der Waals surface area (Å²) < 4.78 is 0. The third-order valence-electron chi connectivity index (χ3n) is 5.07. The molecule has 0 atom stereocenters. The number of allylic oxidation sites excluding steroid dienone is 5. The van der Waals surface area contributed by atoms with Crippen molar-refractivity contribution in [2.24, 2.45) is 0 Å². The van der Waals surface area contributed by atoms with Gasteiger partial charge in [-0.25, -0.2) is 0 Å². The molecule has 0 aromatic heterocycles. The molecule has 0 spiro atoms. The van der Waals surface area contributed by atoms with E-state index in [1.807, 2.05) is 6.08 Å². The zero-order valence-electron chi connectivity index (χ0n) is 16.3. The van der Waals surface area contributed by atoms with Crippen molar-refractivity contribution in [3.8, 4) is 0 Å². The van der Waals surface area contributed by atoms with E-state index in [9.17, 15) is 0 Å². The van der Waals surface area contributed by atoms with Crippen LogP contribution in [0.25, 0.3) is 0 Å². The Kier molecular flexibility index (Phi) is 8.59. The van der Waals surface area contributed by atoms with Crippen molar-refractivity contribution in [3.05, 3.63) is 96.9 Å². The average Bonchev–Trinajstić information content (AvgIpc) is 2.70. The van der Waals surface area contributed by atoms with Gasteiger partial charge in [0.25, 0.3) is 0 Å². The molecule has 0 aliphatic rings. The number of rotatable bonds is 10. The minimum atomic E-state index is -2.07. The molecule has 0 unspecified atom stereocenters. The second-order valence-electron chi connectivity index (χ2n) is 6.81. The van der Waals surface area contributed by atoms with Crippen LogP contribution in [0.4, 0.5) is 0 Å². The predicted molar refractivity (Wildman–Crippen MR) is 123 cm³/mol. The summed E-state index contributed by atoms with van der Waals surface area (Å²) in [5.74, 6) is 0. The molecule has 0 radical (unpaired) electrons. The molecular weight excluding hydrogens is 331 g/mol. The molecule has 2 aromatic rings. The fraction of sp³-hybridized carbons (Fsp3) is 0.280. The molecule has 2 rings (SSSR count). The summed E-state index contributed by atoms with van der Waals surface area (Å²) in [5, 5.41) is 4.44. The molecule has 0 nitrogen and oxygen atoms in total. The van der Waals surface area contributed by atoms with Crippen LogP contribution >= 0.6 is 7.26 Å². The Hall–Kier alpha value is -1.91. The molecule has 0 saturated heterocycles. The summed E-state index contributed by atoms with van der Waals surface area (Å²) in [6, 6.07) is 22.3. The van der Waals surface area contributed by atoms with Gasteiger partial charge in [-0.05, 0) is 0 Å². The molecule has 0 bridgehead atoms. The second kappa shape index (κ2) is 10.9. The van der Waals surface area contributed by atoms with Crippen molar-refractivity contribution in [1.29, 1.82) is 0 Å².